The van der Waals surface area contributed by atoms with E-state index in [1.54, 1.807) is 0 Å². The summed E-state index contributed by atoms with van der Waals surface area (Å²) in [5.74, 6) is 1.95. The summed E-state index contributed by atoms with van der Waals surface area (Å²) in [6.07, 6.45) is 1.91. The summed E-state index contributed by atoms with van der Waals surface area (Å²) in [5, 5.41) is 4.58. The number of benzene rings is 1. The minimum Gasteiger partial charge on any atom is -0.494 e. The normalized spacial score (nSPS) is 20.6. The Morgan fingerprint density at radius 3 is 3.00 bits per heavy atom. The molecule has 142 valence electrons. The number of carbonyl (C=O) groups is 1. The SMILES string of the molecule is CCOc1ccccc1CNC(=O)c1oc2c(c1C)[C@@H]1N=C(C)S[C@H]1CC2. The summed E-state index contributed by atoms with van der Waals surface area (Å²) in [5.41, 5.74) is 3.00. The van der Waals surface area contributed by atoms with Gasteiger partial charge in [-0.15, -0.1) is 11.8 Å². The van der Waals surface area contributed by atoms with Gasteiger partial charge in [0.25, 0.3) is 5.91 Å². The van der Waals surface area contributed by atoms with Crippen LogP contribution >= 0.6 is 11.8 Å². The molecule has 2 heterocycles. The maximum atomic E-state index is 12.8. The number of carbonyl (C=O) groups excluding carboxylic acids is 1. The fraction of sp³-hybridized carbons (Fsp3) is 0.429. The fourth-order valence-corrected chi connectivity index (χ4v) is 5.08. The van der Waals surface area contributed by atoms with E-state index in [1.807, 2.05) is 49.9 Å². The third-order valence-electron chi connectivity index (χ3n) is 5.14. The van der Waals surface area contributed by atoms with Crippen molar-refractivity contribution < 1.29 is 13.9 Å². The predicted molar refractivity (Wildman–Crippen MR) is 108 cm³/mol. The van der Waals surface area contributed by atoms with Gasteiger partial charge in [0.1, 0.15) is 11.5 Å². The highest BCUT2D eigenvalue weighted by Gasteiger charge is 2.39. The third kappa shape index (κ3) is 3.38. The topological polar surface area (TPSA) is 63.8 Å². The monoisotopic (exact) mass is 384 g/mol. The molecule has 2 aromatic rings. The van der Waals surface area contributed by atoms with Gasteiger partial charge in [-0.2, -0.15) is 0 Å². The van der Waals surface area contributed by atoms with Gasteiger partial charge in [0, 0.05) is 34.9 Å². The molecule has 2 aliphatic rings. The van der Waals surface area contributed by atoms with Crippen molar-refractivity contribution in [3.63, 3.8) is 0 Å². The number of hydrogen-bond donors (Lipinski definition) is 1. The number of fused-ring (bicyclic) bond motifs is 3. The molecule has 0 spiro atoms. The summed E-state index contributed by atoms with van der Waals surface area (Å²) in [6.45, 7) is 6.97. The van der Waals surface area contributed by atoms with Crippen molar-refractivity contribution >= 4 is 22.7 Å². The summed E-state index contributed by atoms with van der Waals surface area (Å²) >= 11 is 1.85. The highest BCUT2D eigenvalue weighted by Crippen LogP contribution is 2.47. The second-order valence-electron chi connectivity index (χ2n) is 6.90. The second kappa shape index (κ2) is 7.43. The van der Waals surface area contributed by atoms with Gasteiger partial charge in [-0.05, 0) is 33.3 Å². The highest BCUT2D eigenvalue weighted by molar-refractivity contribution is 8.14. The molecule has 1 aliphatic carbocycles. The molecule has 2 atom stereocenters. The van der Waals surface area contributed by atoms with E-state index in [1.165, 1.54) is 0 Å². The number of nitrogens with one attached hydrogen (secondary N) is 1. The smallest absolute Gasteiger partial charge is 0.287 e. The van der Waals surface area contributed by atoms with E-state index in [0.29, 0.717) is 24.2 Å². The van der Waals surface area contributed by atoms with E-state index in [0.717, 1.165) is 46.1 Å². The van der Waals surface area contributed by atoms with Crippen molar-refractivity contribution in [3.05, 3.63) is 52.5 Å². The van der Waals surface area contributed by atoms with Crippen LogP contribution in [0.5, 0.6) is 5.75 Å². The molecule has 4 rings (SSSR count). The van der Waals surface area contributed by atoms with Crippen LogP contribution in [0, 0.1) is 6.92 Å². The largest absolute Gasteiger partial charge is 0.494 e. The molecule has 0 saturated heterocycles. The molecule has 0 saturated carbocycles. The lowest BCUT2D eigenvalue weighted by Gasteiger charge is -2.22. The van der Waals surface area contributed by atoms with Crippen LogP contribution < -0.4 is 10.1 Å². The molecule has 1 N–H and O–H groups in total. The minimum absolute atomic E-state index is 0.128. The average Bonchev–Trinajstić information content (AvgIpc) is 3.20. The number of thioether (sulfide) groups is 1. The Morgan fingerprint density at radius 1 is 1.37 bits per heavy atom. The maximum absolute atomic E-state index is 12.8. The quantitative estimate of drug-likeness (QED) is 0.828. The lowest BCUT2D eigenvalue weighted by Crippen LogP contribution is -2.23. The Labute approximate surface area is 163 Å². The summed E-state index contributed by atoms with van der Waals surface area (Å²) in [7, 11) is 0. The Balaban J connectivity index is 1.53. The molecule has 27 heavy (non-hydrogen) atoms. The highest BCUT2D eigenvalue weighted by atomic mass is 32.2. The molecule has 0 radical (unpaired) electrons. The first-order valence-electron chi connectivity index (χ1n) is 9.40. The number of amides is 1. The lowest BCUT2D eigenvalue weighted by atomic mass is 9.90. The van der Waals surface area contributed by atoms with Crippen LogP contribution in [0.15, 0.2) is 33.7 Å². The van der Waals surface area contributed by atoms with Crippen molar-refractivity contribution in [3.8, 4) is 5.75 Å². The summed E-state index contributed by atoms with van der Waals surface area (Å²) in [6, 6.07) is 7.88. The van der Waals surface area contributed by atoms with E-state index in [4.69, 9.17) is 14.1 Å². The zero-order chi connectivity index (χ0) is 19.0. The molecule has 5 nitrogen and oxygen atoms in total. The van der Waals surface area contributed by atoms with Gasteiger partial charge in [-0.3, -0.25) is 9.79 Å². The number of para-hydroxylation sites is 1. The first kappa shape index (κ1) is 18.2. The predicted octanol–water partition coefficient (Wildman–Crippen LogP) is 4.44. The van der Waals surface area contributed by atoms with Crippen molar-refractivity contribution in [1.29, 1.82) is 0 Å². The van der Waals surface area contributed by atoms with Crippen molar-refractivity contribution in [2.24, 2.45) is 4.99 Å². The average molecular weight is 385 g/mol. The van der Waals surface area contributed by atoms with Gasteiger partial charge >= 0.3 is 0 Å². The Hall–Kier alpha value is -2.21. The van der Waals surface area contributed by atoms with E-state index in [9.17, 15) is 4.79 Å². The third-order valence-corrected chi connectivity index (χ3v) is 6.38. The van der Waals surface area contributed by atoms with E-state index < -0.39 is 0 Å². The van der Waals surface area contributed by atoms with Crippen LogP contribution in [0.25, 0.3) is 0 Å². The molecule has 0 fully saturated rings. The zero-order valence-corrected chi connectivity index (χ0v) is 16.7. The molecular formula is C21H24N2O3S. The number of nitrogens with zero attached hydrogens (tertiary/aromatic N) is 1. The van der Waals surface area contributed by atoms with Crippen LogP contribution in [0.3, 0.4) is 0 Å². The van der Waals surface area contributed by atoms with Crippen molar-refractivity contribution in [2.45, 2.75) is 51.4 Å². The number of furan rings is 1. The summed E-state index contributed by atoms with van der Waals surface area (Å²) in [4.78, 5) is 17.6. The van der Waals surface area contributed by atoms with Gasteiger partial charge in [0.2, 0.25) is 0 Å². The lowest BCUT2D eigenvalue weighted by molar-refractivity contribution is 0.0920. The number of ether oxygens (including phenoxy) is 1. The fourth-order valence-electron chi connectivity index (χ4n) is 3.91. The summed E-state index contributed by atoms with van der Waals surface area (Å²) < 4.78 is 11.6. The minimum atomic E-state index is -0.184. The van der Waals surface area contributed by atoms with Crippen LogP contribution in [-0.2, 0) is 13.0 Å². The zero-order valence-electron chi connectivity index (χ0n) is 15.9. The Morgan fingerprint density at radius 2 is 2.19 bits per heavy atom. The van der Waals surface area contributed by atoms with E-state index in [-0.39, 0.29) is 11.9 Å². The van der Waals surface area contributed by atoms with Gasteiger partial charge in [-0.25, -0.2) is 0 Å². The van der Waals surface area contributed by atoms with Gasteiger partial charge < -0.3 is 14.5 Å². The first-order chi connectivity index (χ1) is 13.1. The molecular weight excluding hydrogens is 360 g/mol. The van der Waals surface area contributed by atoms with Crippen LogP contribution in [0.4, 0.5) is 0 Å². The molecule has 1 aromatic heterocycles. The van der Waals surface area contributed by atoms with Gasteiger partial charge in [-0.1, -0.05) is 18.2 Å². The molecule has 0 bridgehead atoms. The van der Waals surface area contributed by atoms with E-state index in [2.05, 4.69) is 12.2 Å². The standard InChI is InChI=1S/C21H24N2O3S/c1-4-25-15-8-6-5-7-14(15)11-22-21(24)20-12(2)18-16(26-20)9-10-17-19(18)23-13(3)27-17/h5-8,17,19H,4,9-11H2,1-3H3,(H,22,24)/t17-,19+/m0/s1. The van der Waals surface area contributed by atoms with Crippen molar-refractivity contribution in [1.82, 2.24) is 5.32 Å². The Bertz CT molecular complexity index is 903. The van der Waals surface area contributed by atoms with Crippen LogP contribution in [-0.4, -0.2) is 22.8 Å². The molecule has 6 heteroatoms. The second-order valence-corrected chi connectivity index (χ2v) is 8.34. The molecule has 1 aliphatic heterocycles. The van der Waals surface area contributed by atoms with Gasteiger partial charge in [0.05, 0.1) is 17.7 Å². The maximum Gasteiger partial charge on any atom is 0.287 e. The Kier molecular flexibility index (Phi) is 5.00. The van der Waals surface area contributed by atoms with Crippen LogP contribution in [0.1, 0.15) is 59.3 Å². The first-order valence-corrected chi connectivity index (χ1v) is 10.3. The van der Waals surface area contributed by atoms with Crippen LogP contribution in [0.2, 0.25) is 0 Å². The molecule has 1 amide bonds. The molecule has 1 aromatic carbocycles. The number of hydrogen-bond acceptors (Lipinski definition) is 5. The molecule has 0 unspecified atom stereocenters. The van der Waals surface area contributed by atoms with Crippen molar-refractivity contribution in [2.75, 3.05) is 6.61 Å². The van der Waals surface area contributed by atoms with Gasteiger partial charge in [0.15, 0.2) is 5.76 Å². The number of aryl methyl sites for hydroxylation is 1. The number of rotatable bonds is 5. The number of aliphatic imine (C=N–C) groups is 1. The van der Waals surface area contributed by atoms with E-state index >= 15 is 0 Å².